The molecule has 37 heavy (non-hydrogen) atoms. The lowest BCUT2D eigenvalue weighted by Crippen LogP contribution is -2.52. The molecule has 3 aromatic carbocycles. The molecule has 1 amide bonds. The van der Waals surface area contributed by atoms with E-state index in [1.54, 1.807) is 54.6 Å². The molecule has 2 heterocycles. The highest BCUT2D eigenvalue weighted by Crippen LogP contribution is 2.40. The molecule has 0 aromatic heterocycles. The van der Waals surface area contributed by atoms with Gasteiger partial charge < -0.3 is 14.6 Å². The minimum atomic E-state index is -2.89. The Hall–Kier alpha value is -4.89. The second-order valence-electron chi connectivity index (χ2n) is 8.46. The Morgan fingerprint density at radius 3 is 2.22 bits per heavy atom. The fourth-order valence-electron chi connectivity index (χ4n) is 4.16. The molecule has 1 N–H and O–H groups in total. The molecule has 0 radical (unpaired) electrons. The summed E-state index contributed by atoms with van der Waals surface area (Å²) in [6.07, 6.45) is 0. The monoisotopic (exact) mass is 496 g/mol. The summed E-state index contributed by atoms with van der Waals surface area (Å²) in [5.41, 5.74) is -2.70. The van der Waals surface area contributed by atoms with Gasteiger partial charge in [-0.15, -0.1) is 0 Å². The van der Waals surface area contributed by atoms with E-state index in [-0.39, 0.29) is 22.6 Å². The largest absolute Gasteiger partial charge is 0.497 e. The van der Waals surface area contributed by atoms with Gasteiger partial charge in [-0.05, 0) is 43.3 Å². The molecule has 1 atom stereocenters. The number of hydrogen-bond acceptors (Lipinski definition) is 8. The van der Waals surface area contributed by atoms with Crippen molar-refractivity contribution >= 4 is 40.6 Å². The lowest BCUT2D eigenvalue weighted by Gasteiger charge is -2.23. The van der Waals surface area contributed by atoms with Crippen LogP contribution < -0.4 is 9.75 Å². The Balaban J connectivity index is 1.72. The van der Waals surface area contributed by atoms with Crippen molar-refractivity contribution in [1.82, 2.24) is 0 Å². The predicted octanol–water partition coefficient (Wildman–Crippen LogP) is 2.86. The summed E-state index contributed by atoms with van der Waals surface area (Å²) in [5.74, 6) is -4.26. The van der Waals surface area contributed by atoms with E-state index >= 15 is 0 Å². The van der Waals surface area contributed by atoms with Crippen LogP contribution in [0.25, 0.3) is 5.76 Å². The number of hydrogen-bond donors (Lipinski definition) is 1. The number of amides is 1. The Morgan fingerprint density at radius 2 is 1.59 bits per heavy atom. The standard InChI is InChI=1S/C28H20N2O7/c1-16-8-10-18(11-9-16)24-21(23(32)26(33)37-24)28(35)25(22(31)17-12-14-20(36-2)15-13-17)29-30(27(28)34)19-6-4-3-5-7-19/h3-15,35H,1-2H3. The number of anilines is 1. The molecule has 2 aliphatic heterocycles. The molecule has 9 nitrogen and oxygen atoms in total. The number of aliphatic hydroxyl groups is 1. The van der Waals surface area contributed by atoms with Gasteiger partial charge >= 0.3 is 5.97 Å². The molecule has 184 valence electrons. The number of nitrogens with zero attached hydrogens (tertiary/aromatic N) is 2. The first-order valence-corrected chi connectivity index (χ1v) is 11.2. The molecule has 3 aromatic rings. The molecule has 2 aliphatic rings. The van der Waals surface area contributed by atoms with E-state index in [1.165, 1.54) is 31.4 Å². The van der Waals surface area contributed by atoms with Crippen molar-refractivity contribution in [3.63, 3.8) is 0 Å². The number of rotatable bonds is 6. The third-order valence-electron chi connectivity index (χ3n) is 6.12. The van der Waals surface area contributed by atoms with Crippen LogP contribution in [-0.2, 0) is 19.1 Å². The Labute approximate surface area is 211 Å². The van der Waals surface area contributed by atoms with Crippen molar-refractivity contribution < 1.29 is 33.8 Å². The number of methoxy groups -OCH3 is 1. The number of cyclic esters (lactones) is 1. The SMILES string of the molecule is COc1ccc(C(=O)C2=NN(c3ccccc3)C(=O)C2(O)C2=C(c3ccc(C)cc3)OC(=O)C2=O)cc1. The minimum Gasteiger partial charge on any atom is -0.497 e. The average molecular weight is 496 g/mol. The summed E-state index contributed by atoms with van der Waals surface area (Å²) in [4.78, 5) is 52.9. The molecule has 1 unspecified atom stereocenters. The van der Waals surface area contributed by atoms with E-state index < -0.39 is 40.3 Å². The average Bonchev–Trinajstić information content (AvgIpc) is 3.37. The maximum Gasteiger partial charge on any atom is 0.385 e. The van der Waals surface area contributed by atoms with Crippen molar-refractivity contribution in [2.24, 2.45) is 5.10 Å². The molecule has 0 fully saturated rings. The lowest BCUT2D eigenvalue weighted by atomic mass is 9.81. The number of para-hydroxylation sites is 1. The maximum atomic E-state index is 13.8. The van der Waals surface area contributed by atoms with Crippen molar-refractivity contribution in [2.75, 3.05) is 12.1 Å². The molecule has 9 heteroatoms. The Morgan fingerprint density at radius 1 is 0.946 bits per heavy atom. The Kier molecular flexibility index (Phi) is 5.77. The highest BCUT2D eigenvalue weighted by Gasteiger charge is 2.61. The molecular weight excluding hydrogens is 476 g/mol. The fourth-order valence-corrected chi connectivity index (χ4v) is 4.16. The Bertz CT molecular complexity index is 1510. The second kappa shape index (κ2) is 8.96. The van der Waals surface area contributed by atoms with Gasteiger partial charge in [0.2, 0.25) is 11.4 Å². The zero-order valence-corrected chi connectivity index (χ0v) is 19.8. The highest BCUT2D eigenvalue weighted by molar-refractivity contribution is 6.59. The number of benzene rings is 3. The number of ketones is 2. The van der Waals surface area contributed by atoms with E-state index in [2.05, 4.69) is 5.10 Å². The van der Waals surface area contributed by atoms with Gasteiger partial charge in [0, 0.05) is 11.1 Å². The smallest absolute Gasteiger partial charge is 0.385 e. The van der Waals surface area contributed by atoms with Crippen LogP contribution in [0.5, 0.6) is 5.75 Å². The molecule has 0 saturated carbocycles. The van der Waals surface area contributed by atoms with Crippen LogP contribution in [0.3, 0.4) is 0 Å². The maximum absolute atomic E-state index is 13.8. The van der Waals surface area contributed by atoms with Gasteiger partial charge in [0.1, 0.15) is 11.5 Å². The van der Waals surface area contributed by atoms with Gasteiger partial charge in [-0.3, -0.25) is 14.4 Å². The topological polar surface area (TPSA) is 123 Å². The molecular formula is C28H20N2O7. The van der Waals surface area contributed by atoms with Crippen molar-refractivity contribution in [1.29, 1.82) is 0 Å². The van der Waals surface area contributed by atoms with Crippen LogP contribution >= 0.6 is 0 Å². The van der Waals surface area contributed by atoms with Crippen LogP contribution in [0.4, 0.5) is 5.69 Å². The van der Waals surface area contributed by atoms with Crippen molar-refractivity contribution in [2.45, 2.75) is 12.5 Å². The lowest BCUT2D eigenvalue weighted by molar-refractivity contribution is -0.145. The first-order valence-electron chi connectivity index (χ1n) is 11.2. The summed E-state index contributed by atoms with van der Waals surface area (Å²) >= 11 is 0. The quantitative estimate of drug-likeness (QED) is 0.316. The zero-order chi connectivity index (χ0) is 26.3. The van der Waals surface area contributed by atoms with E-state index in [0.29, 0.717) is 5.75 Å². The van der Waals surface area contributed by atoms with Crippen LogP contribution in [0.2, 0.25) is 0 Å². The highest BCUT2D eigenvalue weighted by atomic mass is 16.5. The van der Waals surface area contributed by atoms with Crippen molar-refractivity contribution in [3.05, 3.63) is 101 Å². The molecule has 5 rings (SSSR count). The van der Waals surface area contributed by atoms with Crippen LogP contribution in [0.1, 0.15) is 21.5 Å². The van der Waals surface area contributed by atoms with Gasteiger partial charge in [-0.2, -0.15) is 10.1 Å². The fraction of sp³-hybridized carbons (Fsp3) is 0.107. The molecule has 0 bridgehead atoms. The first kappa shape index (κ1) is 23.8. The third-order valence-corrected chi connectivity index (χ3v) is 6.12. The number of carbonyl (C=O) groups is 4. The summed E-state index contributed by atoms with van der Waals surface area (Å²) in [6.45, 7) is 1.84. The van der Waals surface area contributed by atoms with Gasteiger partial charge in [0.05, 0.1) is 18.4 Å². The summed E-state index contributed by atoms with van der Waals surface area (Å²) in [5, 5.41) is 17.0. The van der Waals surface area contributed by atoms with Crippen LogP contribution in [0.15, 0.2) is 89.5 Å². The minimum absolute atomic E-state index is 0.0795. The third kappa shape index (κ3) is 3.82. The normalized spacial score (nSPS) is 19.3. The van der Waals surface area contributed by atoms with Crippen LogP contribution in [0, 0.1) is 6.92 Å². The number of aryl methyl sites for hydroxylation is 1. The number of ether oxygens (including phenoxy) is 2. The van der Waals surface area contributed by atoms with E-state index in [9.17, 15) is 24.3 Å². The summed E-state index contributed by atoms with van der Waals surface area (Å²) in [7, 11) is 1.47. The van der Waals surface area contributed by atoms with Gasteiger partial charge in [-0.25, -0.2) is 4.79 Å². The summed E-state index contributed by atoms with van der Waals surface area (Å²) < 4.78 is 10.3. The molecule has 0 spiro atoms. The van der Waals surface area contributed by atoms with E-state index in [4.69, 9.17) is 9.47 Å². The van der Waals surface area contributed by atoms with E-state index in [0.717, 1.165) is 10.6 Å². The van der Waals surface area contributed by atoms with Gasteiger partial charge in [-0.1, -0.05) is 48.0 Å². The zero-order valence-electron chi connectivity index (χ0n) is 19.8. The number of carbonyl (C=O) groups excluding carboxylic acids is 4. The molecule has 0 saturated heterocycles. The number of esters is 1. The summed E-state index contributed by atoms with van der Waals surface area (Å²) in [6, 6.07) is 20.6. The predicted molar refractivity (Wildman–Crippen MR) is 133 cm³/mol. The van der Waals surface area contributed by atoms with Crippen molar-refractivity contribution in [3.8, 4) is 5.75 Å². The first-order chi connectivity index (χ1) is 17.8. The van der Waals surface area contributed by atoms with Gasteiger partial charge in [0.15, 0.2) is 5.71 Å². The number of Topliss-reactive ketones (excluding diaryl/α,β-unsaturated/α-hetero) is 2. The molecule has 0 aliphatic carbocycles. The second-order valence-corrected chi connectivity index (χ2v) is 8.46. The van der Waals surface area contributed by atoms with Crippen LogP contribution in [-0.4, -0.2) is 47.0 Å². The van der Waals surface area contributed by atoms with Gasteiger partial charge in [0.25, 0.3) is 11.7 Å². The number of hydrazone groups is 1. The van der Waals surface area contributed by atoms with E-state index in [1.807, 2.05) is 6.92 Å².